The average molecular weight is 340 g/mol. The van der Waals surface area contributed by atoms with Crippen LogP contribution in [0.15, 0.2) is 58.5 Å². The molecule has 0 aliphatic heterocycles. The largest absolute Gasteiger partial charge is 0.472 e. The van der Waals surface area contributed by atoms with Crippen LogP contribution in [0.25, 0.3) is 11.4 Å². The third kappa shape index (κ3) is 3.21. The van der Waals surface area contributed by atoms with Crippen LogP contribution in [0, 0.1) is 0 Å². The fourth-order valence-corrected chi connectivity index (χ4v) is 3.28. The summed E-state index contributed by atoms with van der Waals surface area (Å²) in [6.07, 6.45) is 5.53. The molecule has 1 fully saturated rings. The number of hydrogen-bond donors (Lipinski definition) is 1. The summed E-state index contributed by atoms with van der Waals surface area (Å²) in [5.74, 6) is 1.05. The SMILES string of the molecule is O=C(CSc1nnc(-c2ccoc2)n1C1CC1)Nc1ccccc1. The van der Waals surface area contributed by atoms with Gasteiger partial charge in [0.2, 0.25) is 5.91 Å². The number of anilines is 1. The molecule has 122 valence electrons. The van der Waals surface area contributed by atoms with E-state index >= 15 is 0 Å². The summed E-state index contributed by atoms with van der Waals surface area (Å²) in [6.45, 7) is 0. The Labute approximate surface area is 143 Å². The number of benzene rings is 1. The Balaban J connectivity index is 1.46. The molecule has 2 heterocycles. The standard InChI is InChI=1S/C17H16N4O2S/c22-15(18-13-4-2-1-3-5-13)11-24-17-20-19-16(12-8-9-23-10-12)21(17)14-6-7-14/h1-5,8-10,14H,6-7,11H2,(H,18,22). The summed E-state index contributed by atoms with van der Waals surface area (Å²) in [4.78, 5) is 12.1. The van der Waals surface area contributed by atoms with Gasteiger partial charge < -0.3 is 9.73 Å². The van der Waals surface area contributed by atoms with E-state index in [1.807, 2.05) is 36.4 Å². The van der Waals surface area contributed by atoms with Gasteiger partial charge in [0.25, 0.3) is 0 Å². The molecule has 6 nitrogen and oxygen atoms in total. The molecule has 0 radical (unpaired) electrons. The molecule has 1 aromatic carbocycles. The number of nitrogens with zero attached hydrogens (tertiary/aromatic N) is 3. The second-order valence-corrected chi connectivity index (χ2v) is 6.56. The smallest absolute Gasteiger partial charge is 0.234 e. The van der Waals surface area contributed by atoms with Crippen LogP contribution in [0.5, 0.6) is 0 Å². The summed E-state index contributed by atoms with van der Waals surface area (Å²) in [5.41, 5.74) is 1.71. The van der Waals surface area contributed by atoms with E-state index in [1.54, 1.807) is 12.5 Å². The monoisotopic (exact) mass is 340 g/mol. The van der Waals surface area contributed by atoms with E-state index in [2.05, 4.69) is 20.1 Å². The Morgan fingerprint density at radius 1 is 1.25 bits per heavy atom. The van der Waals surface area contributed by atoms with E-state index in [1.165, 1.54) is 11.8 Å². The Bertz CT molecular complexity index is 826. The third-order valence-corrected chi connectivity index (χ3v) is 4.69. The van der Waals surface area contributed by atoms with Gasteiger partial charge >= 0.3 is 0 Å². The Morgan fingerprint density at radius 3 is 2.79 bits per heavy atom. The molecule has 2 aromatic heterocycles. The van der Waals surface area contributed by atoms with Gasteiger partial charge in [0.05, 0.1) is 17.6 Å². The minimum absolute atomic E-state index is 0.0543. The number of carbonyl (C=O) groups excluding carboxylic acids is 1. The lowest BCUT2D eigenvalue weighted by molar-refractivity contribution is -0.113. The van der Waals surface area contributed by atoms with Gasteiger partial charge in [0.15, 0.2) is 11.0 Å². The number of aromatic nitrogens is 3. The molecule has 1 aliphatic carbocycles. The number of thioether (sulfide) groups is 1. The van der Waals surface area contributed by atoms with Crippen LogP contribution >= 0.6 is 11.8 Å². The summed E-state index contributed by atoms with van der Waals surface area (Å²) < 4.78 is 7.26. The molecule has 1 aliphatic rings. The zero-order valence-electron chi connectivity index (χ0n) is 12.9. The van der Waals surface area contributed by atoms with Gasteiger partial charge in [0.1, 0.15) is 6.26 Å². The van der Waals surface area contributed by atoms with Crippen LogP contribution in [0.1, 0.15) is 18.9 Å². The third-order valence-electron chi connectivity index (χ3n) is 3.75. The van der Waals surface area contributed by atoms with Crippen LogP contribution in [0.3, 0.4) is 0 Å². The predicted octanol–water partition coefficient (Wildman–Crippen LogP) is 3.60. The molecule has 3 aromatic rings. The van der Waals surface area contributed by atoms with E-state index in [0.29, 0.717) is 11.8 Å². The van der Waals surface area contributed by atoms with Gasteiger partial charge in [0, 0.05) is 11.7 Å². The maximum atomic E-state index is 12.1. The number of amides is 1. The minimum atomic E-state index is -0.0543. The second-order valence-electron chi connectivity index (χ2n) is 5.62. The minimum Gasteiger partial charge on any atom is -0.472 e. The van der Waals surface area contributed by atoms with Gasteiger partial charge in [-0.1, -0.05) is 30.0 Å². The van der Waals surface area contributed by atoms with Crippen molar-refractivity contribution in [3.8, 4) is 11.4 Å². The zero-order valence-corrected chi connectivity index (χ0v) is 13.7. The fourth-order valence-electron chi connectivity index (χ4n) is 2.47. The quantitative estimate of drug-likeness (QED) is 0.694. The van der Waals surface area contributed by atoms with Crippen molar-refractivity contribution in [1.82, 2.24) is 14.8 Å². The highest BCUT2D eigenvalue weighted by atomic mass is 32.2. The number of nitrogens with one attached hydrogen (secondary N) is 1. The lowest BCUT2D eigenvalue weighted by Crippen LogP contribution is -2.14. The van der Waals surface area contributed by atoms with Crippen molar-refractivity contribution >= 4 is 23.4 Å². The second kappa shape index (κ2) is 6.52. The van der Waals surface area contributed by atoms with E-state index in [4.69, 9.17) is 4.42 Å². The highest BCUT2D eigenvalue weighted by Gasteiger charge is 2.30. The first-order chi connectivity index (χ1) is 11.8. The first-order valence-electron chi connectivity index (χ1n) is 7.76. The van der Waals surface area contributed by atoms with Crippen LogP contribution in [0.2, 0.25) is 0 Å². The van der Waals surface area contributed by atoms with Crippen molar-refractivity contribution < 1.29 is 9.21 Å². The lowest BCUT2D eigenvalue weighted by Gasteiger charge is -2.08. The van der Waals surface area contributed by atoms with Crippen molar-refractivity contribution in [2.24, 2.45) is 0 Å². The highest BCUT2D eigenvalue weighted by molar-refractivity contribution is 7.99. The first-order valence-corrected chi connectivity index (χ1v) is 8.75. The molecular formula is C17H16N4O2S. The predicted molar refractivity (Wildman–Crippen MR) is 91.8 cm³/mol. The van der Waals surface area contributed by atoms with Gasteiger partial charge in [-0.2, -0.15) is 0 Å². The molecule has 4 rings (SSSR count). The Kier molecular flexibility index (Phi) is 4.08. The summed E-state index contributed by atoms with van der Waals surface area (Å²) in [5, 5.41) is 12.2. The van der Waals surface area contributed by atoms with E-state index in [9.17, 15) is 4.79 Å². The number of carbonyl (C=O) groups is 1. The Morgan fingerprint density at radius 2 is 2.08 bits per heavy atom. The molecule has 0 bridgehead atoms. The molecule has 0 atom stereocenters. The molecule has 1 N–H and O–H groups in total. The van der Waals surface area contributed by atoms with Gasteiger partial charge in [-0.15, -0.1) is 10.2 Å². The highest BCUT2D eigenvalue weighted by Crippen LogP contribution is 2.41. The zero-order chi connectivity index (χ0) is 16.4. The topological polar surface area (TPSA) is 73.0 Å². The normalized spacial score (nSPS) is 13.8. The lowest BCUT2D eigenvalue weighted by atomic mass is 10.3. The van der Waals surface area contributed by atoms with Crippen molar-refractivity contribution in [2.75, 3.05) is 11.1 Å². The number of para-hydroxylation sites is 1. The summed E-state index contributed by atoms with van der Waals surface area (Å²) in [7, 11) is 0. The van der Waals surface area contributed by atoms with Crippen LogP contribution < -0.4 is 5.32 Å². The molecule has 0 spiro atoms. The van der Waals surface area contributed by atoms with E-state index < -0.39 is 0 Å². The first kappa shape index (κ1) is 15.0. The molecule has 1 amide bonds. The van der Waals surface area contributed by atoms with Crippen molar-refractivity contribution in [3.63, 3.8) is 0 Å². The molecule has 0 unspecified atom stereocenters. The summed E-state index contributed by atoms with van der Waals surface area (Å²) in [6, 6.07) is 11.7. The van der Waals surface area contributed by atoms with Crippen LogP contribution in [0.4, 0.5) is 5.69 Å². The molecule has 7 heteroatoms. The van der Waals surface area contributed by atoms with E-state index in [0.717, 1.165) is 35.1 Å². The van der Waals surface area contributed by atoms with Gasteiger partial charge in [-0.05, 0) is 31.0 Å². The number of furan rings is 1. The van der Waals surface area contributed by atoms with Crippen molar-refractivity contribution in [1.29, 1.82) is 0 Å². The Hall–Kier alpha value is -2.54. The number of hydrogen-bond acceptors (Lipinski definition) is 5. The van der Waals surface area contributed by atoms with Crippen molar-refractivity contribution in [2.45, 2.75) is 24.0 Å². The maximum absolute atomic E-state index is 12.1. The summed E-state index contributed by atoms with van der Waals surface area (Å²) >= 11 is 1.41. The number of rotatable bonds is 6. The fraction of sp³-hybridized carbons (Fsp3) is 0.235. The van der Waals surface area contributed by atoms with Crippen LogP contribution in [-0.4, -0.2) is 26.4 Å². The molecule has 24 heavy (non-hydrogen) atoms. The molecular weight excluding hydrogens is 324 g/mol. The van der Waals surface area contributed by atoms with Crippen LogP contribution in [-0.2, 0) is 4.79 Å². The van der Waals surface area contributed by atoms with Gasteiger partial charge in [-0.25, -0.2) is 0 Å². The molecule has 1 saturated carbocycles. The molecule has 0 saturated heterocycles. The van der Waals surface area contributed by atoms with Crippen molar-refractivity contribution in [3.05, 3.63) is 48.9 Å². The van der Waals surface area contributed by atoms with Gasteiger partial charge in [-0.3, -0.25) is 9.36 Å². The van der Waals surface area contributed by atoms with E-state index in [-0.39, 0.29) is 5.91 Å². The average Bonchev–Trinajstić information content (AvgIpc) is 3.12. The maximum Gasteiger partial charge on any atom is 0.234 e.